The number of aryl methyl sites for hydroxylation is 1. The Morgan fingerprint density at radius 3 is 2.43 bits per heavy atom. The molecule has 0 aliphatic carbocycles. The third kappa shape index (κ3) is 4.70. The highest BCUT2D eigenvalue weighted by Gasteiger charge is 2.28. The van der Waals surface area contributed by atoms with E-state index in [0.29, 0.717) is 28.2 Å². The maximum Gasteiger partial charge on any atom is 0.335 e. The van der Waals surface area contributed by atoms with Crippen LogP contribution in [0.25, 0.3) is 11.6 Å². The van der Waals surface area contributed by atoms with Gasteiger partial charge in [-0.15, -0.1) is 0 Å². The topological polar surface area (TPSA) is 149 Å². The molecule has 4 rings (SSSR count). The van der Waals surface area contributed by atoms with Crippen LogP contribution in [-0.4, -0.2) is 45.0 Å². The van der Waals surface area contributed by atoms with Gasteiger partial charge in [0.15, 0.2) is 0 Å². The van der Waals surface area contributed by atoms with Crippen molar-refractivity contribution in [1.82, 2.24) is 10.3 Å². The molecule has 1 aromatic heterocycles. The minimum Gasteiger partial charge on any atom is -0.480 e. The number of H-pyrrole nitrogens is 1. The first-order valence-electron chi connectivity index (χ1n) is 10.8. The number of aromatic amines is 1. The summed E-state index contributed by atoms with van der Waals surface area (Å²) >= 11 is 0. The molecule has 0 radical (unpaired) electrons. The molecule has 0 saturated carbocycles. The smallest absolute Gasteiger partial charge is 0.335 e. The Kier molecular flexibility index (Phi) is 6.24. The summed E-state index contributed by atoms with van der Waals surface area (Å²) in [5.74, 6) is -3.20. The standard InChI is InChI=1S/C26H23N3O6/c1-13-20(12-18-17-11-16(25(32)33)8-9-19(17)28-23(18)30)27-14(2)22(13)24(31)29-21(26(34)35)10-15-6-4-3-5-7-15/h3-9,11-12,21,27H,10H2,1-2H3,(H,28,30)(H,29,31)(H,32,33)(H,34,35)/b18-12-. The van der Waals surface area contributed by atoms with Crippen LogP contribution in [-0.2, 0) is 16.0 Å². The summed E-state index contributed by atoms with van der Waals surface area (Å²) in [6.07, 6.45) is 1.69. The van der Waals surface area contributed by atoms with Crippen LogP contribution in [0.3, 0.4) is 0 Å². The van der Waals surface area contributed by atoms with Crippen molar-refractivity contribution in [3.05, 3.63) is 87.7 Å². The fourth-order valence-corrected chi connectivity index (χ4v) is 4.15. The Labute approximate surface area is 200 Å². The number of carbonyl (C=O) groups excluding carboxylic acids is 2. The molecular formula is C26H23N3O6. The number of carboxylic acids is 2. The van der Waals surface area contributed by atoms with Crippen LogP contribution < -0.4 is 10.6 Å². The minimum absolute atomic E-state index is 0.0451. The van der Waals surface area contributed by atoms with Crippen LogP contribution in [0.1, 0.15) is 48.8 Å². The van der Waals surface area contributed by atoms with Crippen molar-refractivity contribution in [3.63, 3.8) is 0 Å². The zero-order valence-electron chi connectivity index (χ0n) is 19.0. The number of amides is 2. The van der Waals surface area contributed by atoms with E-state index in [2.05, 4.69) is 15.6 Å². The summed E-state index contributed by atoms with van der Waals surface area (Å²) in [4.78, 5) is 51.9. The summed E-state index contributed by atoms with van der Waals surface area (Å²) in [7, 11) is 0. The van der Waals surface area contributed by atoms with Gasteiger partial charge in [0.2, 0.25) is 0 Å². The highest BCUT2D eigenvalue weighted by atomic mass is 16.4. The van der Waals surface area contributed by atoms with Gasteiger partial charge in [0.1, 0.15) is 6.04 Å². The predicted molar refractivity (Wildman–Crippen MR) is 129 cm³/mol. The number of fused-ring (bicyclic) bond motifs is 1. The predicted octanol–water partition coefficient (Wildman–Crippen LogP) is 3.25. The number of nitrogens with one attached hydrogen (secondary N) is 3. The van der Waals surface area contributed by atoms with E-state index < -0.39 is 29.8 Å². The van der Waals surface area contributed by atoms with Crippen LogP contribution in [0, 0.1) is 13.8 Å². The maximum atomic E-state index is 13.1. The lowest BCUT2D eigenvalue weighted by Crippen LogP contribution is -2.42. The van der Waals surface area contributed by atoms with Crippen molar-refractivity contribution in [3.8, 4) is 0 Å². The Morgan fingerprint density at radius 2 is 1.77 bits per heavy atom. The lowest BCUT2D eigenvalue weighted by atomic mass is 10.0. The van der Waals surface area contributed by atoms with E-state index in [1.54, 1.807) is 44.2 Å². The molecule has 3 aromatic rings. The number of hydrogen-bond donors (Lipinski definition) is 5. The number of hydrogen-bond acceptors (Lipinski definition) is 4. The molecule has 1 atom stereocenters. The number of aliphatic carboxylic acids is 1. The van der Waals surface area contributed by atoms with Crippen LogP contribution in [0.15, 0.2) is 48.5 Å². The van der Waals surface area contributed by atoms with Crippen molar-refractivity contribution < 1.29 is 29.4 Å². The van der Waals surface area contributed by atoms with Gasteiger partial charge in [-0.05, 0) is 49.2 Å². The first kappa shape index (κ1) is 23.5. The monoisotopic (exact) mass is 473 g/mol. The molecular weight excluding hydrogens is 450 g/mol. The molecule has 2 amide bonds. The highest BCUT2D eigenvalue weighted by molar-refractivity contribution is 6.35. The van der Waals surface area contributed by atoms with Crippen molar-refractivity contribution in [2.75, 3.05) is 5.32 Å². The second-order valence-electron chi connectivity index (χ2n) is 8.30. The summed E-state index contributed by atoms with van der Waals surface area (Å²) in [6, 6.07) is 12.2. The summed E-state index contributed by atoms with van der Waals surface area (Å²) in [6.45, 7) is 3.38. The van der Waals surface area contributed by atoms with Gasteiger partial charge >= 0.3 is 11.9 Å². The SMILES string of the molecule is Cc1[nH]c(/C=C2\C(=O)Nc3ccc(C(=O)O)cc32)c(C)c1C(=O)NC(Cc1ccccc1)C(=O)O. The van der Waals surface area contributed by atoms with Crippen LogP contribution in [0.5, 0.6) is 0 Å². The zero-order chi connectivity index (χ0) is 25.3. The second-order valence-corrected chi connectivity index (χ2v) is 8.30. The van der Waals surface area contributed by atoms with Gasteiger partial charge < -0.3 is 25.8 Å². The van der Waals surface area contributed by atoms with E-state index in [1.807, 2.05) is 6.07 Å². The molecule has 2 aromatic carbocycles. The van der Waals surface area contributed by atoms with E-state index in [-0.39, 0.29) is 23.1 Å². The van der Waals surface area contributed by atoms with Gasteiger partial charge in [-0.3, -0.25) is 9.59 Å². The lowest BCUT2D eigenvalue weighted by Gasteiger charge is -2.15. The van der Waals surface area contributed by atoms with Crippen molar-refractivity contribution in [2.24, 2.45) is 0 Å². The van der Waals surface area contributed by atoms with Gasteiger partial charge in [0.25, 0.3) is 11.8 Å². The van der Waals surface area contributed by atoms with Gasteiger partial charge in [0, 0.05) is 29.1 Å². The molecule has 0 bridgehead atoms. The molecule has 1 unspecified atom stereocenters. The molecule has 35 heavy (non-hydrogen) atoms. The van der Waals surface area contributed by atoms with Crippen LogP contribution in [0.2, 0.25) is 0 Å². The third-order valence-electron chi connectivity index (χ3n) is 5.93. The molecule has 9 nitrogen and oxygen atoms in total. The zero-order valence-corrected chi connectivity index (χ0v) is 19.0. The van der Waals surface area contributed by atoms with E-state index in [9.17, 15) is 29.4 Å². The molecule has 0 spiro atoms. The van der Waals surface area contributed by atoms with E-state index in [1.165, 1.54) is 18.2 Å². The van der Waals surface area contributed by atoms with Gasteiger partial charge in [-0.1, -0.05) is 30.3 Å². The fraction of sp³-hybridized carbons (Fsp3) is 0.154. The Morgan fingerprint density at radius 1 is 1.06 bits per heavy atom. The second kappa shape index (κ2) is 9.30. The fourth-order valence-electron chi connectivity index (χ4n) is 4.15. The largest absolute Gasteiger partial charge is 0.480 e. The Bertz CT molecular complexity index is 1390. The Balaban J connectivity index is 1.64. The van der Waals surface area contributed by atoms with Gasteiger partial charge in [0.05, 0.1) is 16.7 Å². The molecule has 5 N–H and O–H groups in total. The van der Waals surface area contributed by atoms with E-state index in [4.69, 9.17) is 0 Å². The maximum absolute atomic E-state index is 13.1. The number of carboxylic acid groups (broad SMARTS) is 2. The van der Waals surface area contributed by atoms with Gasteiger partial charge in [-0.25, -0.2) is 9.59 Å². The average molecular weight is 473 g/mol. The third-order valence-corrected chi connectivity index (χ3v) is 5.93. The number of benzene rings is 2. The molecule has 0 fully saturated rings. The number of aromatic nitrogens is 1. The van der Waals surface area contributed by atoms with E-state index >= 15 is 0 Å². The van der Waals surface area contributed by atoms with E-state index in [0.717, 1.165) is 5.56 Å². The quantitative estimate of drug-likeness (QED) is 0.333. The number of anilines is 1. The first-order valence-corrected chi connectivity index (χ1v) is 10.8. The summed E-state index contributed by atoms with van der Waals surface area (Å²) in [5.41, 5.74) is 3.84. The van der Waals surface area contributed by atoms with Crippen LogP contribution >= 0.6 is 0 Å². The van der Waals surface area contributed by atoms with Gasteiger partial charge in [-0.2, -0.15) is 0 Å². The summed E-state index contributed by atoms with van der Waals surface area (Å²) in [5, 5.41) is 24.2. The molecule has 0 saturated heterocycles. The average Bonchev–Trinajstić information content (AvgIpc) is 3.28. The van der Waals surface area contributed by atoms with Crippen LogP contribution in [0.4, 0.5) is 5.69 Å². The highest BCUT2D eigenvalue weighted by Crippen LogP contribution is 2.34. The normalized spacial score (nSPS) is 14.3. The summed E-state index contributed by atoms with van der Waals surface area (Å²) < 4.78 is 0. The van der Waals surface area contributed by atoms with Crippen molar-refractivity contribution in [2.45, 2.75) is 26.3 Å². The molecule has 9 heteroatoms. The lowest BCUT2D eigenvalue weighted by molar-refractivity contribution is -0.139. The minimum atomic E-state index is -1.15. The molecule has 178 valence electrons. The number of aromatic carboxylic acids is 1. The molecule has 1 aliphatic heterocycles. The Hall–Kier alpha value is -4.66. The number of rotatable bonds is 7. The first-order chi connectivity index (χ1) is 16.7. The number of carbonyl (C=O) groups is 4. The molecule has 2 heterocycles. The van der Waals surface area contributed by atoms with Crippen molar-refractivity contribution >= 4 is 41.1 Å². The van der Waals surface area contributed by atoms with Crippen molar-refractivity contribution in [1.29, 1.82) is 0 Å². The molecule has 1 aliphatic rings.